The quantitative estimate of drug-likeness (QED) is 0.617. The molecule has 0 aliphatic carbocycles. The molecule has 0 spiro atoms. The van der Waals surface area contributed by atoms with E-state index in [2.05, 4.69) is 61.0 Å². The molecular weight excluding hydrogens is 314 g/mol. The van der Waals surface area contributed by atoms with Crippen LogP contribution in [0.2, 0.25) is 0 Å². The Labute approximate surface area is 147 Å². The summed E-state index contributed by atoms with van der Waals surface area (Å²) in [5.74, 6) is 0.863. The number of rotatable bonds is 2. The second-order valence-corrected chi connectivity index (χ2v) is 8.40. The van der Waals surface area contributed by atoms with Crippen molar-refractivity contribution in [2.75, 3.05) is 4.90 Å². The van der Waals surface area contributed by atoms with Crippen molar-refractivity contribution in [2.45, 2.75) is 51.6 Å². The monoisotopic (exact) mass is 337 g/mol. The van der Waals surface area contributed by atoms with Crippen molar-refractivity contribution in [1.29, 1.82) is 0 Å². The fraction of sp³-hybridized carbons (Fsp3) is 0.400. The largest absolute Gasteiger partial charge is 0.333 e. The highest BCUT2D eigenvalue weighted by atomic mass is 32.1. The van der Waals surface area contributed by atoms with Crippen LogP contribution in [0, 0.1) is 0 Å². The van der Waals surface area contributed by atoms with Gasteiger partial charge in [-0.2, -0.15) is 0 Å². The minimum atomic E-state index is 0.108. The molecule has 1 atom stereocenters. The summed E-state index contributed by atoms with van der Waals surface area (Å²) in [6.45, 7) is 6.90. The highest BCUT2D eigenvalue weighted by Crippen LogP contribution is 2.36. The number of hydrogen-bond donors (Lipinski definition) is 0. The minimum absolute atomic E-state index is 0.108. The lowest BCUT2D eigenvalue weighted by atomic mass is 9.87. The summed E-state index contributed by atoms with van der Waals surface area (Å²) in [6, 6.07) is 13.2. The molecule has 4 rings (SSSR count). The van der Waals surface area contributed by atoms with Crippen LogP contribution >= 0.6 is 11.3 Å². The summed E-state index contributed by atoms with van der Waals surface area (Å²) in [4.78, 5) is 13.2. The van der Waals surface area contributed by atoms with Crippen LogP contribution in [0.15, 0.2) is 42.6 Å². The van der Waals surface area contributed by atoms with Gasteiger partial charge in [0.25, 0.3) is 0 Å². The molecule has 3 nitrogen and oxygen atoms in total. The standard InChI is InChI=1S/C20H23N3S/c1-14-7-6-11-20(2,3)23(14)19-21-12-10-16(22-19)18-13-15-8-4-5-9-17(15)24-18/h4-5,8-10,12-14H,6-7,11H2,1-3H3. The normalized spacial score (nSPS) is 20.5. The predicted molar refractivity (Wildman–Crippen MR) is 103 cm³/mol. The summed E-state index contributed by atoms with van der Waals surface area (Å²) in [5.41, 5.74) is 1.13. The highest BCUT2D eigenvalue weighted by Gasteiger charge is 2.36. The van der Waals surface area contributed by atoms with E-state index in [4.69, 9.17) is 4.98 Å². The molecule has 1 aromatic carbocycles. The Morgan fingerprint density at radius 1 is 1.21 bits per heavy atom. The Morgan fingerprint density at radius 3 is 2.83 bits per heavy atom. The summed E-state index contributed by atoms with van der Waals surface area (Å²) in [5, 5.41) is 1.28. The van der Waals surface area contributed by atoms with Crippen molar-refractivity contribution in [3.8, 4) is 10.6 Å². The van der Waals surface area contributed by atoms with Gasteiger partial charge in [0.05, 0.1) is 10.6 Å². The van der Waals surface area contributed by atoms with Crippen molar-refractivity contribution in [2.24, 2.45) is 0 Å². The highest BCUT2D eigenvalue weighted by molar-refractivity contribution is 7.22. The van der Waals surface area contributed by atoms with Gasteiger partial charge < -0.3 is 4.90 Å². The number of nitrogens with zero attached hydrogens (tertiary/aromatic N) is 3. The van der Waals surface area contributed by atoms with E-state index in [1.165, 1.54) is 34.2 Å². The number of benzene rings is 1. The minimum Gasteiger partial charge on any atom is -0.333 e. The van der Waals surface area contributed by atoms with E-state index in [-0.39, 0.29) is 5.54 Å². The van der Waals surface area contributed by atoms with Crippen LogP contribution in [0.25, 0.3) is 20.7 Å². The van der Waals surface area contributed by atoms with Crippen LogP contribution in [0.3, 0.4) is 0 Å². The Kier molecular flexibility index (Phi) is 3.80. The number of thiophene rings is 1. The maximum absolute atomic E-state index is 4.93. The topological polar surface area (TPSA) is 29.0 Å². The SMILES string of the molecule is CC1CCCC(C)(C)N1c1nccc(-c2cc3ccccc3s2)n1. The second-order valence-electron chi connectivity index (χ2n) is 7.31. The molecule has 2 aromatic heterocycles. The first-order valence-electron chi connectivity index (χ1n) is 8.66. The molecule has 1 saturated heterocycles. The Bertz CT molecular complexity index is 835. The molecule has 0 radical (unpaired) electrons. The average molecular weight is 337 g/mol. The van der Waals surface area contributed by atoms with Gasteiger partial charge in [-0.15, -0.1) is 11.3 Å². The first-order chi connectivity index (χ1) is 11.5. The van der Waals surface area contributed by atoms with Gasteiger partial charge in [-0.1, -0.05) is 18.2 Å². The van der Waals surface area contributed by atoms with Gasteiger partial charge in [-0.25, -0.2) is 9.97 Å². The smallest absolute Gasteiger partial charge is 0.226 e. The van der Waals surface area contributed by atoms with Gasteiger partial charge in [-0.3, -0.25) is 0 Å². The second kappa shape index (κ2) is 5.85. The first-order valence-corrected chi connectivity index (χ1v) is 9.48. The van der Waals surface area contributed by atoms with E-state index < -0.39 is 0 Å². The molecule has 0 N–H and O–H groups in total. The van der Waals surface area contributed by atoms with E-state index in [0.29, 0.717) is 6.04 Å². The van der Waals surface area contributed by atoms with Crippen LogP contribution in [-0.2, 0) is 0 Å². The molecule has 1 fully saturated rings. The van der Waals surface area contributed by atoms with Gasteiger partial charge in [0.2, 0.25) is 5.95 Å². The van der Waals surface area contributed by atoms with E-state index in [1.54, 1.807) is 11.3 Å². The van der Waals surface area contributed by atoms with Crippen LogP contribution in [-0.4, -0.2) is 21.5 Å². The van der Waals surface area contributed by atoms with Crippen LogP contribution in [0.5, 0.6) is 0 Å². The Hall–Kier alpha value is -1.94. The number of anilines is 1. The molecule has 0 saturated carbocycles. The maximum Gasteiger partial charge on any atom is 0.226 e. The van der Waals surface area contributed by atoms with Crippen molar-refractivity contribution in [3.63, 3.8) is 0 Å². The zero-order chi connectivity index (χ0) is 16.7. The average Bonchev–Trinajstić information content (AvgIpc) is 2.98. The summed E-state index contributed by atoms with van der Waals surface area (Å²) < 4.78 is 1.30. The number of fused-ring (bicyclic) bond motifs is 1. The van der Waals surface area contributed by atoms with Gasteiger partial charge in [-0.05, 0) is 63.6 Å². The van der Waals surface area contributed by atoms with E-state index in [0.717, 1.165) is 11.6 Å². The molecule has 1 aliphatic rings. The zero-order valence-electron chi connectivity index (χ0n) is 14.5. The molecule has 3 aromatic rings. The molecule has 124 valence electrons. The van der Waals surface area contributed by atoms with Crippen LogP contribution in [0.4, 0.5) is 5.95 Å². The molecule has 1 unspecified atom stereocenters. The predicted octanol–water partition coefficient (Wildman–Crippen LogP) is 5.52. The Morgan fingerprint density at radius 2 is 2.04 bits per heavy atom. The van der Waals surface area contributed by atoms with Gasteiger partial charge in [0.1, 0.15) is 0 Å². The fourth-order valence-corrected chi connectivity index (χ4v) is 4.89. The third-order valence-corrected chi connectivity index (χ3v) is 6.18. The van der Waals surface area contributed by atoms with E-state index >= 15 is 0 Å². The van der Waals surface area contributed by atoms with Crippen LogP contribution < -0.4 is 4.90 Å². The molecule has 0 amide bonds. The Balaban J connectivity index is 1.75. The van der Waals surface area contributed by atoms with E-state index in [1.807, 2.05) is 12.3 Å². The summed E-state index contributed by atoms with van der Waals surface area (Å²) in [7, 11) is 0. The maximum atomic E-state index is 4.93. The third kappa shape index (κ3) is 2.69. The molecule has 3 heterocycles. The van der Waals surface area contributed by atoms with Crippen molar-refractivity contribution >= 4 is 27.4 Å². The van der Waals surface area contributed by atoms with Crippen molar-refractivity contribution < 1.29 is 0 Å². The van der Waals surface area contributed by atoms with Gasteiger partial charge >= 0.3 is 0 Å². The number of piperidine rings is 1. The van der Waals surface area contributed by atoms with Crippen molar-refractivity contribution in [3.05, 3.63) is 42.6 Å². The molecule has 1 aliphatic heterocycles. The zero-order valence-corrected chi connectivity index (χ0v) is 15.3. The first kappa shape index (κ1) is 15.6. The molecule has 4 heteroatoms. The van der Waals surface area contributed by atoms with Gasteiger partial charge in [0, 0.05) is 22.5 Å². The molecule has 0 bridgehead atoms. The third-order valence-electron chi connectivity index (χ3n) is 5.04. The summed E-state index contributed by atoms with van der Waals surface area (Å²) >= 11 is 1.80. The molecule has 24 heavy (non-hydrogen) atoms. The number of aromatic nitrogens is 2. The van der Waals surface area contributed by atoms with Crippen LogP contribution in [0.1, 0.15) is 40.0 Å². The molecular formula is C20H23N3S. The lowest BCUT2D eigenvalue weighted by Crippen LogP contribution is -2.53. The van der Waals surface area contributed by atoms with Gasteiger partial charge in [0.15, 0.2) is 0 Å². The van der Waals surface area contributed by atoms with E-state index in [9.17, 15) is 0 Å². The lowest BCUT2D eigenvalue weighted by molar-refractivity contribution is 0.309. The number of hydrogen-bond acceptors (Lipinski definition) is 4. The fourth-order valence-electron chi connectivity index (χ4n) is 3.85. The van der Waals surface area contributed by atoms with Crippen molar-refractivity contribution in [1.82, 2.24) is 9.97 Å². The summed E-state index contributed by atoms with van der Waals surface area (Å²) in [6.07, 6.45) is 5.58. The lowest BCUT2D eigenvalue weighted by Gasteiger charge is -2.46.